The molecule has 0 radical (unpaired) electrons. The van der Waals surface area contributed by atoms with E-state index in [1.54, 1.807) is 12.1 Å². The highest BCUT2D eigenvalue weighted by Crippen LogP contribution is 2.16. The van der Waals surface area contributed by atoms with Crippen LogP contribution in [-0.2, 0) is 16.6 Å². The van der Waals surface area contributed by atoms with Gasteiger partial charge in [0.25, 0.3) is 5.91 Å². The first kappa shape index (κ1) is 18.0. The molecule has 0 saturated heterocycles. The lowest BCUT2D eigenvalue weighted by molar-refractivity contribution is 0.102. The van der Waals surface area contributed by atoms with Gasteiger partial charge in [0.1, 0.15) is 5.76 Å². The third-order valence-electron chi connectivity index (χ3n) is 4.06. The molecule has 0 fully saturated rings. The topological polar surface area (TPSA) is 117 Å². The third kappa shape index (κ3) is 3.80. The number of hydrogen-bond donors (Lipinski definition) is 3. The quantitative estimate of drug-likeness (QED) is 0.463. The highest BCUT2D eigenvalue weighted by Gasteiger charge is 2.16. The van der Waals surface area contributed by atoms with E-state index in [1.807, 2.05) is 24.3 Å². The summed E-state index contributed by atoms with van der Waals surface area (Å²) in [5.41, 5.74) is 1.86. The van der Waals surface area contributed by atoms with E-state index < -0.39 is 15.9 Å². The first-order valence-electron chi connectivity index (χ1n) is 8.39. The number of benzene rings is 2. The molecule has 1 amide bonds. The Labute approximate surface area is 160 Å². The summed E-state index contributed by atoms with van der Waals surface area (Å²) in [4.78, 5) is 19.7. The lowest BCUT2D eigenvalue weighted by Gasteiger charge is -2.07. The largest absolute Gasteiger partial charge is 0.468 e. The van der Waals surface area contributed by atoms with E-state index in [0.717, 1.165) is 11.0 Å². The number of nitrogens with one attached hydrogen (secondary N) is 3. The standard InChI is InChI=1S/C19H16N4O4S/c24-18(23-19-21-16-5-1-2-6-17(16)22-19)13-7-9-15(10-8-13)28(25,26)20-12-14-4-3-11-27-14/h1-11,20H,12H2,(H2,21,22,23,24). The van der Waals surface area contributed by atoms with Gasteiger partial charge in [0.15, 0.2) is 0 Å². The Kier molecular flexibility index (Phi) is 4.68. The maximum atomic E-state index is 12.4. The van der Waals surface area contributed by atoms with Crippen molar-refractivity contribution in [2.75, 3.05) is 5.32 Å². The summed E-state index contributed by atoms with van der Waals surface area (Å²) >= 11 is 0. The molecule has 0 spiro atoms. The summed E-state index contributed by atoms with van der Waals surface area (Å²) in [6.45, 7) is 0.0453. The van der Waals surface area contributed by atoms with Gasteiger partial charge in [-0.05, 0) is 48.5 Å². The number of aromatic amines is 1. The van der Waals surface area contributed by atoms with E-state index in [4.69, 9.17) is 4.42 Å². The van der Waals surface area contributed by atoms with Gasteiger partial charge in [-0.1, -0.05) is 12.1 Å². The molecular weight excluding hydrogens is 380 g/mol. The lowest BCUT2D eigenvalue weighted by atomic mass is 10.2. The predicted octanol–water partition coefficient (Wildman–Crippen LogP) is 2.89. The van der Waals surface area contributed by atoms with Crippen LogP contribution < -0.4 is 10.0 Å². The Morgan fingerprint density at radius 1 is 1.04 bits per heavy atom. The van der Waals surface area contributed by atoms with E-state index in [1.165, 1.54) is 30.5 Å². The van der Waals surface area contributed by atoms with Gasteiger partial charge in [-0.25, -0.2) is 18.1 Å². The average molecular weight is 396 g/mol. The number of anilines is 1. The van der Waals surface area contributed by atoms with Gasteiger partial charge in [-0.2, -0.15) is 0 Å². The molecule has 0 aliphatic rings. The first-order chi connectivity index (χ1) is 13.5. The molecule has 4 rings (SSSR count). The highest BCUT2D eigenvalue weighted by molar-refractivity contribution is 7.89. The third-order valence-corrected chi connectivity index (χ3v) is 5.48. The monoisotopic (exact) mass is 396 g/mol. The van der Waals surface area contributed by atoms with Crippen molar-refractivity contribution in [1.82, 2.24) is 14.7 Å². The lowest BCUT2D eigenvalue weighted by Crippen LogP contribution is -2.23. The molecule has 0 atom stereocenters. The maximum Gasteiger partial charge on any atom is 0.257 e. The van der Waals surface area contributed by atoms with E-state index in [-0.39, 0.29) is 11.4 Å². The number of para-hydroxylation sites is 2. The van der Waals surface area contributed by atoms with Gasteiger partial charge in [0.05, 0.1) is 28.7 Å². The van der Waals surface area contributed by atoms with Crippen LogP contribution in [-0.4, -0.2) is 24.3 Å². The van der Waals surface area contributed by atoms with Gasteiger partial charge in [-0.15, -0.1) is 0 Å². The molecule has 0 unspecified atom stereocenters. The molecule has 0 aliphatic heterocycles. The van der Waals surface area contributed by atoms with Crippen LogP contribution in [0.15, 0.2) is 76.2 Å². The molecule has 2 aromatic heterocycles. The van der Waals surface area contributed by atoms with Crippen LogP contribution in [0.4, 0.5) is 5.95 Å². The van der Waals surface area contributed by atoms with Crippen molar-refractivity contribution >= 4 is 32.9 Å². The molecule has 9 heteroatoms. The van der Waals surface area contributed by atoms with E-state index in [0.29, 0.717) is 17.3 Å². The van der Waals surface area contributed by atoms with E-state index in [2.05, 4.69) is 20.0 Å². The Balaban J connectivity index is 1.45. The number of aromatic nitrogens is 2. The van der Waals surface area contributed by atoms with Gasteiger partial charge in [-0.3, -0.25) is 10.1 Å². The van der Waals surface area contributed by atoms with Crippen molar-refractivity contribution in [1.29, 1.82) is 0 Å². The number of rotatable bonds is 6. The van der Waals surface area contributed by atoms with Crippen LogP contribution in [0.3, 0.4) is 0 Å². The normalized spacial score (nSPS) is 11.6. The second kappa shape index (κ2) is 7.29. The van der Waals surface area contributed by atoms with Crippen molar-refractivity contribution in [2.24, 2.45) is 0 Å². The van der Waals surface area contributed by atoms with Crippen LogP contribution in [0.1, 0.15) is 16.1 Å². The summed E-state index contributed by atoms with van der Waals surface area (Å²) in [7, 11) is -3.72. The number of amides is 1. The van der Waals surface area contributed by atoms with Crippen molar-refractivity contribution in [3.05, 3.63) is 78.3 Å². The highest BCUT2D eigenvalue weighted by atomic mass is 32.2. The number of furan rings is 1. The molecule has 142 valence electrons. The van der Waals surface area contributed by atoms with Crippen LogP contribution in [0.2, 0.25) is 0 Å². The molecule has 28 heavy (non-hydrogen) atoms. The summed E-state index contributed by atoms with van der Waals surface area (Å²) in [6, 6.07) is 16.4. The number of nitrogens with zero attached hydrogens (tertiary/aromatic N) is 1. The fourth-order valence-corrected chi connectivity index (χ4v) is 3.63. The van der Waals surface area contributed by atoms with Crippen molar-refractivity contribution < 1.29 is 17.6 Å². The fourth-order valence-electron chi connectivity index (χ4n) is 2.64. The molecule has 8 nitrogen and oxygen atoms in total. The number of carbonyl (C=O) groups excluding carboxylic acids is 1. The Morgan fingerprint density at radius 3 is 2.54 bits per heavy atom. The minimum absolute atomic E-state index is 0.0453. The Morgan fingerprint density at radius 2 is 1.82 bits per heavy atom. The SMILES string of the molecule is O=C(Nc1nc2ccccc2[nH]1)c1ccc(S(=O)(=O)NCc2ccco2)cc1. The van der Waals surface area contributed by atoms with Crippen LogP contribution in [0.25, 0.3) is 11.0 Å². The molecule has 2 heterocycles. The zero-order chi connectivity index (χ0) is 19.6. The summed E-state index contributed by atoms with van der Waals surface area (Å²) in [5, 5.41) is 2.67. The Hall–Kier alpha value is -3.43. The molecule has 0 bridgehead atoms. The van der Waals surface area contributed by atoms with E-state index >= 15 is 0 Å². The van der Waals surface area contributed by atoms with Gasteiger partial charge in [0, 0.05) is 5.56 Å². The van der Waals surface area contributed by atoms with Crippen molar-refractivity contribution in [2.45, 2.75) is 11.4 Å². The molecule has 0 saturated carbocycles. The molecular formula is C19H16N4O4S. The number of fused-ring (bicyclic) bond motifs is 1. The molecule has 0 aliphatic carbocycles. The van der Waals surface area contributed by atoms with E-state index in [9.17, 15) is 13.2 Å². The molecule has 4 aromatic rings. The van der Waals surface area contributed by atoms with Crippen LogP contribution in [0.5, 0.6) is 0 Å². The second-order valence-electron chi connectivity index (χ2n) is 5.98. The van der Waals surface area contributed by atoms with Gasteiger partial charge < -0.3 is 9.40 Å². The van der Waals surface area contributed by atoms with Crippen LogP contribution >= 0.6 is 0 Å². The van der Waals surface area contributed by atoms with Gasteiger partial charge in [0.2, 0.25) is 16.0 Å². The van der Waals surface area contributed by atoms with Gasteiger partial charge >= 0.3 is 0 Å². The second-order valence-corrected chi connectivity index (χ2v) is 7.75. The molecule has 3 N–H and O–H groups in total. The first-order valence-corrected chi connectivity index (χ1v) is 9.88. The average Bonchev–Trinajstić information content (AvgIpc) is 3.35. The zero-order valence-corrected chi connectivity index (χ0v) is 15.4. The smallest absolute Gasteiger partial charge is 0.257 e. The number of carbonyl (C=O) groups is 1. The molecule has 2 aromatic carbocycles. The predicted molar refractivity (Wildman–Crippen MR) is 103 cm³/mol. The zero-order valence-electron chi connectivity index (χ0n) is 14.5. The summed E-state index contributed by atoms with van der Waals surface area (Å²) in [5.74, 6) is 0.431. The maximum absolute atomic E-state index is 12.4. The number of hydrogen-bond acceptors (Lipinski definition) is 5. The number of sulfonamides is 1. The summed E-state index contributed by atoms with van der Waals surface area (Å²) in [6.07, 6.45) is 1.47. The Bertz CT molecular complexity index is 1180. The summed E-state index contributed by atoms with van der Waals surface area (Å²) < 4.78 is 32.2. The number of imidazole rings is 1. The minimum Gasteiger partial charge on any atom is -0.468 e. The number of H-pyrrole nitrogens is 1. The minimum atomic E-state index is -3.72. The van der Waals surface area contributed by atoms with Crippen LogP contribution in [0, 0.1) is 0 Å². The van der Waals surface area contributed by atoms with Crippen molar-refractivity contribution in [3.8, 4) is 0 Å². The van der Waals surface area contributed by atoms with Crippen molar-refractivity contribution in [3.63, 3.8) is 0 Å². The fraction of sp³-hybridized carbons (Fsp3) is 0.0526.